The summed E-state index contributed by atoms with van der Waals surface area (Å²) >= 11 is 6.82. The Kier molecular flexibility index (Phi) is 5.92. The van der Waals surface area contributed by atoms with Crippen molar-refractivity contribution < 1.29 is 13.2 Å². The van der Waals surface area contributed by atoms with E-state index < -0.39 is 14.6 Å². The summed E-state index contributed by atoms with van der Waals surface area (Å²) in [6, 6.07) is 3.68. The average molecular weight is 429 g/mol. The third-order valence-corrected chi connectivity index (χ3v) is 6.74. The maximum Gasteiger partial charge on any atom is 0.156 e. The van der Waals surface area contributed by atoms with Crippen LogP contribution in [-0.2, 0) is 9.84 Å². The van der Waals surface area contributed by atoms with E-state index in [1.54, 1.807) is 27.9 Å². The van der Waals surface area contributed by atoms with Gasteiger partial charge in [-0.05, 0) is 58.7 Å². The monoisotopic (exact) mass is 427 g/mol. The van der Waals surface area contributed by atoms with Gasteiger partial charge in [0.15, 0.2) is 9.84 Å². The van der Waals surface area contributed by atoms with Crippen LogP contribution in [0.2, 0.25) is 0 Å². The van der Waals surface area contributed by atoms with Crippen LogP contribution in [0.25, 0.3) is 0 Å². The van der Waals surface area contributed by atoms with Crippen LogP contribution < -0.4 is 10.1 Å². The first-order chi connectivity index (χ1) is 9.08. The molecule has 0 atom stereocenters. The Balaban J connectivity index is 2.77. The Morgan fingerprint density at radius 2 is 1.80 bits per heavy atom. The molecular weight excluding hydrogens is 410 g/mol. The van der Waals surface area contributed by atoms with E-state index in [-0.39, 0.29) is 5.75 Å². The first kappa shape index (κ1) is 17.8. The van der Waals surface area contributed by atoms with Gasteiger partial charge in [0, 0.05) is 17.1 Å². The van der Waals surface area contributed by atoms with Gasteiger partial charge in [0.1, 0.15) is 5.75 Å². The van der Waals surface area contributed by atoms with Crippen molar-refractivity contribution in [1.82, 2.24) is 0 Å². The summed E-state index contributed by atoms with van der Waals surface area (Å²) in [6.45, 7) is 5.48. The SMILES string of the molecule is COc1cc(NCCS(=O)(=O)C(C)(C)C)c(Br)cc1Br. The first-order valence-corrected chi connectivity index (χ1v) is 9.31. The van der Waals surface area contributed by atoms with Crippen molar-refractivity contribution in [3.8, 4) is 5.75 Å². The minimum absolute atomic E-state index is 0.0846. The molecule has 0 aliphatic heterocycles. The van der Waals surface area contributed by atoms with Gasteiger partial charge in [-0.2, -0.15) is 0 Å². The van der Waals surface area contributed by atoms with Gasteiger partial charge < -0.3 is 10.1 Å². The summed E-state index contributed by atoms with van der Waals surface area (Å²) in [5, 5.41) is 3.12. The van der Waals surface area contributed by atoms with Gasteiger partial charge in [-0.25, -0.2) is 8.42 Å². The Labute approximate surface area is 137 Å². The summed E-state index contributed by atoms with van der Waals surface area (Å²) in [6.07, 6.45) is 0. The zero-order chi connectivity index (χ0) is 15.6. The molecule has 1 aromatic carbocycles. The highest BCUT2D eigenvalue weighted by Crippen LogP contribution is 2.34. The highest BCUT2D eigenvalue weighted by Gasteiger charge is 2.28. The number of sulfone groups is 1. The fourth-order valence-corrected chi connectivity index (χ4v) is 3.73. The fraction of sp³-hybridized carbons (Fsp3) is 0.538. The second-order valence-electron chi connectivity index (χ2n) is 5.32. The Hall–Kier alpha value is -0.270. The van der Waals surface area contributed by atoms with Gasteiger partial charge in [-0.3, -0.25) is 0 Å². The lowest BCUT2D eigenvalue weighted by molar-refractivity contribution is 0.412. The Morgan fingerprint density at radius 3 is 2.30 bits per heavy atom. The van der Waals surface area contributed by atoms with Crippen molar-refractivity contribution in [3.63, 3.8) is 0 Å². The van der Waals surface area contributed by atoms with Gasteiger partial charge in [0.25, 0.3) is 0 Å². The minimum atomic E-state index is -3.12. The van der Waals surface area contributed by atoms with Crippen LogP contribution in [0.1, 0.15) is 20.8 Å². The lowest BCUT2D eigenvalue weighted by Gasteiger charge is -2.19. The lowest BCUT2D eigenvalue weighted by atomic mass is 10.3. The normalized spacial score (nSPS) is 12.3. The molecule has 0 bridgehead atoms. The molecule has 0 fully saturated rings. The molecule has 0 saturated heterocycles. The molecule has 0 aliphatic carbocycles. The zero-order valence-corrected chi connectivity index (χ0v) is 15.9. The molecule has 0 unspecified atom stereocenters. The molecule has 0 aromatic heterocycles. The number of rotatable bonds is 5. The summed E-state index contributed by atoms with van der Waals surface area (Å²) in [5.74, 6) is 0.774. The molecule has 0 heterocycles. The highest BCUT2D eigenvalue weighted by molar-refractivity contribution is 9.11. The zero-order valence-electron chi connectivity index (χ0n) is 12.0. The molecule has 1 aromatic rings. The molecule has 20 heavy (non-hydrogen) atoms. The molecule has 0 saturated carbocycles. The van der Waals surface area contributed by atoms with E-state index in [0.29, 0.717) is 12.3 Å². The lowest BCUT2D eigenvalue weighted by Crippen LogP contribution is -2.32. The minimum Gasteiger partial charge on any atom is -0.495 e. The van der Waals surface area contributed by atoms with Crippen molar-refractivity contribution >= 4 is 47.4 Å². The molecule has 0 radical (unpaired) electrons. The van der Waals surface area contributed by atoms with E-state index in [4.69, 9.17) is 4.74 Å². The maximum atomic E-state index is 12.0. The van der Waals surface area contributed by atoms with E-state index in [1.165, 1.54) is 0 Å². The molecule has 4 nitrogen and oxygen atoms in total. The predicted molar refractivity (Wildman–Crippen MR) is 90.4 cm³/mol. The van der Waals surface area contributed by atoms with Gasteiger partial charge >= 0.3 is 0 Å². The average Bonchev–Trinajstić information content (AvgIpc) is 2.30. The molecule has 0 amide bonds. The summed E-state index contributed by atoms with van der Waals surface area (Å²) in [5.41, 5.74) is 0.800. The molecular formula is C13H19Br2NO3S. The predicted octanol–water partition coefficient (Wildman–Crippen LogP) is 3.85. The van der Waals surface area contributed by atoms with Crippen LogP contribution in [0.15, 0.2) is 21.1 Å². The van der Waals surface area contributed by atoms with Gasteiger partial charge in [0.05, 0.1) is 27.8 Å². The summed E-state index contributed by atoms with van der Waals surface area (Å²) in [7, 11) is -1.54. The number of hydrogen-bond donors (Lipinski definition) is 1. The highest BCUT2D eigenvalue weighted by atomic mass is 79.9. The fourth-order valence-electron chi connectivity index (χ4n) is 1.45. The van der Waals surface area contributed by atoms with Crippen LogP contribution in [-0.4, -0.2) is 32.6 Å². The molecule has 114 valence electrons. The number of methoxy groups -OCH3 is 1. The third kappa shape index (κ3) is 4.36. The van der Waals surface area contributed by atoms with Gasteiger partial charge in [0.2, 0.25) is 0 Å². The van der Waals surface area contributed by atoms with Crippen LogP contribution in [0.3, 0.4) is 0 Å². The van der Waals surface area contributed by atoms with Crippen molar-refractivity contribution in [3.05, 3.63) is 21.1 Å². The second-order valence-corrected chi connectivity index (χ2v) is 9.90. The molecule has 0 spiro atoms. The molecule has 1 N–H and O–H groups in total. The van der Waals surface area contributed by atoms with Crippen LogP contribution in [0.4, 0.5) is 5.69 Å². The first-order valence-electron chi connectivity index (χ1n) is 6.07. The number of anilines is 1. The molecule has 7 heteroatoms. The van der Waals surface area contributed by atoms with E-state index in [2.05, 4.69) is 37.2 Å². The number of nitrogens with one attached hydrogen (secondary N) is 1. The van der Waals surface area contributed by atoms with E-state index in [9.17, 15) is 8.42 Å². The largest absolute Gasteiger partial charge is 0.495 e. The van der Waals surface area contributed by atoms with E-state index in [0.717, 1.165) is 14.6 Å². The van der Waals surface area contributed by atoms with Crippen molar-refractivity contribution in [2.75, 3.05) is 24.7 Å². The topological polar surface area (TPSA) is 55.4 Å². The molecule has 1 rings (SSSR count). The Bertz CT molecular complexity index is 580. The quantitative estimate of drug-likeness (QED) is 0.773. The summed E-state index contributed by atoms with van der Waals surface area (Å²) in [4.78, 5) is 0. The van der Waals surface area contributed by atoms with Gasteiger partial charge in [-0.15, -0.1) is 0 Å². The van der Waals surface area contributed by atoms with Crippen molar-refractivity contribution in [2.45, 2.75) is 25.5 Å². The van der Waals surface area contributed by atoms with Crippen molar-refractivity contribution in [2.24, 2.45) is 0 Å². The standard InChI is InChI=1S/C13H19Br2NO3S/c1-13(2,3)20(17,18)6-5-16-11-8-12(19-4)10(15)7-9(11)14/h7-8,16H,5-6H2,1-4H3. The van der Waals surface area contributed by atoms with E-state index in [1.807, 2.05) is 12.1 Å². The number of halogens is 2. The van der Waals surface area contributed by atoms with Crippen LogP contribution in [0.5, 0.6) is 5.75 Å². The van der Waals surface area contributed by atoms with Crippen molar-refractivity contribution in [1.29, 1.82) is 0 Å². The number of hydrogen-bond acceptors (Lipinski definition) is 4. The molecule has 0 aliphatic rings. The van der Waals surface area contributed by atoms with Crippen LogP contribution in [0, 0.1) is 0 Å². The maximum absolute atomic E-state index is 12.0. The number of benzene rings is 1. The van der Waals surface area contributed by atoms with Gasteiger partial charge in [-0.1, -0.05) is 0 Å². The third-order valence-electron chi connectivity index (χ3n) is 2.86. The number of ether oxygens (including phenoxy) is 1. The van der Waals surface area contributed by atoms with Crippen LogP contribution >= 0.6 is 31.9 Å². The van der Waals surface area contributed by atoms with E-state index >= 15 is 0 Å². The Morgan fingerprint density at radius 1 is 1.20 bits per heavy atom. The second kappa shape index (κ2) is 6.66. The smallest absolute Gasteiger partial charge is 0.156 e. The summed E-state index contributed by atoms with van der Waals surface area (Å²) < 4.78 is 30.2.